The zero-order valence-corrected chi connectivity index (χ0v) is 9.24. The van der Waals surface area contributed by atoms with Crippen molar-refractivity contribution in [3.05, 3.63) is 15.5 Å². The topological polar surface area (TPSA) is 16.1 Å². The number of hydrogen-bond donors (Lipinski definition) is 0. The molecule has 0 N–H and O–H groups in total. The lowest BCUT2D eigenvalue weighted by Gasteiger charge is -2.11. The van der Waals surface area contributed by atoms with Crippen molar-refractivity contribution in [3.63, 3.8) is 0 Å². The molecular weight excluding hydrogens is 204 g/mol. The van der Waals surface area contributed by atoms with E-state index in [0.29, 0.717) is 5.92 Å². The van der Waals surface area contributed by atoms with Gasteiger partial charge < -0.3 is 4.90 Å². The molecular formula is C9H13ClN2S. The molecule has 0 amide bonds. The number of rotatable bonds is 2. The van der Waals surface area contributed by atoms with Gasteiger partial charge in [0.2, 0.25) is 0 Å². The summed E-state index contributed by atoms with van der Waals surface area (Å²) in [5.41, 5.74) is 0. The lowest BCUT2D eigenvalue weighted by Crippen LogP contribution is -2.19. The molecule has 0 radical (unpaired) electrons. The molecule has 1 aromatic rings. The van der Waals surface area contributed by atoms with Crippen LogP contribution in [0.2, 0.25) is 4.34 Å². The molecule has 2 nitrogen and oxygen atoms in total. The average Bonchev–Trinajstić information content (AvgIpc) is 2.71. The highest BCUT2D eigenvalue weighted by molar-refractivity contribution is 7.15. The summed E-state index contributed by atoms with van der Waals surface area (Å²) in [5, 5.41) is 1.21. The fraction of sp³-hybridized carbons (Fsp3) is 0.667. The Kier molecular flexibility index (Phi) is 2.86. The van der Waals surface area contributed by atoms with Gasteiger partial charge in [-0.1, -0.05) is 18.5 Å². The molecule has 0 aliphatic carbocycles. The molecule has 2 rings (SSSR count). The summed E-state index contributed by atoms with van der Waals surface area (Å²) >= 11 is 7.48. The van der Waals surface area contributed by atoms with Crippen LogP contribution in [0.5, 0.6) is 0 Å². The Morgan fingerprint density at radius 3 is 3.15 bits per heavy atom. The third kappa shape index (κ3) is 2.03. The minimum Gasteiger partial charge on any atom is -0.303 e. The van der Waals surface area contributed by atoms with Gasteiger partial charge >= 0.3 is 0 Å². The second-order valence-electron chi connectivity index (χ2n) is 3.38. The van der Waals surface area contributed by atoms with Crippen molar-refractivity contribution in [3.8, 4) is 0 Å². The molecule has 1 saturated heterocycles. The Morgan fingerprint density at radius 2 is 2.62 bits per heavy atom. The highest BCUT2D eigenvalue weighted by Gasteiger charge is 2.24. The van der Waals surface area contributed by atoms with Crippen molar-refractivity contribution in [1.82, 2.24) is 9.88 Å². The van der Waals surface area contributed by atoms with Crippen LogP contribution >= 0.6 is 22.9 Å². The van der Waals surface area contributed by atoms with Gasteiger partial charge in [0.25, 0.3) is 0 Å². The predicted molar refractivity (Wildman–Crippen MR) is 56.6 cm³/mol. The molecule has 0 saturated carbocycles. The molecule has 1 aliphatic rings. The van der Waals surface area contributed by atoms with Gasteiger partial charge in [0.05, 0.1) is 11.2 Å². The zero-order chi connectivity index (χ0) is 9.26. The summed E-state index contributed by atoms with van der Waals surface area (Å²) in [6, 6.07) is 0. The molecule has 72 valence electrons. The quantitative estimate of drug-likeness (QED) is 0.756. The monoisotopic (exact) mass is 216 g/mol. The zero-order valence-electron chi connectivity index (χ0n) is 7.66. The van der Waals surface area contributed by atoms with Crippen LogP contribution in [0.4, 0.5) is 0 Å². The van der Waals surface area contributed by atoms with E-state index in [9.17, 15) is 0 Å². The Bertz CT molecular complexity index is 287. The molecule has 1 unspecified atom stereocenters. The van der Waals surface area contributed by atoms with Crippen molar-refractivity contribution in [2.75, 3.05) is 19.6 Å². The highest BCUT2D eigenvalue weighted by Crippen LogP contribution is 2.31. The SMILES string of the molecule is CCN1CCC(c2ncc(Cl)s2)C1. The third-order valence-electron chi connectivity index (χ3n) is 2.56. The van der Waals surface area contributed by atoms with E-state index in [2.05, 4.69) is 16.8 Å². The van der Waals surface area contributed by atoms with Gasteiger partial charge in [-0.05, 0) is 19.5 Å². The average molecular weight is 217 g/mol. The Labute approximate surface area is 87.5 Å². The molecule has 0 bridgehead atoms. The molecule has 13 heavy (non-hydrogen) atoms. The number of halogens is 1. The van der Waals surface area contributed by atoms with Crippen molar-refractivity contribution in [2.24, 2.45) is 0 Å². The molecule has 1 atom stereocenters. The van der Waals surface area contributed by atoms with Crippen LogP contribution in [0.15, 0.2) is 6.20 Å². The number of nitrogens with zero attached hydrogens (tertiary/aromatic N) is 2. The minimum absolute atomic E-state index is 0.623. The first kappa shape index (κ1) is 9.44. The summed E-state index contributed by atoms with van der Waals surface area (Å²) in [6.07, 6.45) is 2.99. The second-order valence-corrected chi connectivity index (χ2v) is 5.07. The first-order valence-electron chi connectivity index (χ1n) is 4.63. The van der Waals surface area contributed by atoms with Crippen LogP contribution in [0.25, 0.3) is 0 Å². The van der Waals surface area contributed by atoms with Gasteiger partial charge in [-0.15, -0.1) is 11.3 Å². The molecule has 0 aromatic carbocycles. The first-order valence-corrected chi connectivity index (χ1v) is 5.82. The van der Waals surface area contributed by atoms with Crippen LogP contribution in [0, 0.1) is 0 Å². The fourth-order valence-corrected chi connectivity index (χ4v) is 2.83. The number of thiazole rings is 1. The van der Waals surface area contributed by atoms with E-state index in [-0.39, 0.29) is 0 Å². The minimum atomic E-state index is 0.623. The van der Waals surface area contributed by atoms with Gasteiger partial charge in [-0.2, -0.15) is 0 Å². The van der Waals surface area contributed by atoms with Crippen molar-refractivity contribution in [2.45, 2.75) is 19.3 Å². The van der Waals surface area contributed by atoms with E-state index in [1.165, 1.54) is 18.0 Å². The number of aromatic nitrogens is 1. The number of likely N-dealkylation sites (tertiary alicyclic amines) is 1. The molecule has 0 spiro atoms. The Balaban J connectivity index is 2.03. The first-order chi connectivity index (χ1) is 6.29. The smallest absolute Gasteiger partial charge is 0.113 e. The third-order valence-corrected chi connectivity index (χ3v) is 3.84. The largest absolute Gasteiger partial charge is 0.303 e. The van der Waals surface area contributed by atoms with Crippen LogP contribution in [-0.4, -0.2) is 29.5 Å². The van der Waals surface area contributed by atoms with E-state index in [0.717, 1.165) is 17.4 Å². The standard InChI is InChI=1S/C9H13ClN2S/c1-2-12-4-3-7(6-12)9-11-5-8(10)13-9/h5,7H,2-4,6H2,1H3. The molecule has 1 aliphatic heterocycles. The van der Waals surface area contributed by atoms with Crippen LogP contribution < -0.4 is 0 Å². The van der Waals surface area contributed by atoms with Crippen LogP contribution in [0.3, 0.4) is 0 Å². The van der Waals surface area contributed by atoms with Crippen molar-refractivity contribution in [1.29, 1.82) is 0 Å². The molecule has 1 fully saturated rings. The van der Waals surface area contributed by atoms with E-state index < -0.39 is 0 Å². The van der Waals surface area contributed by atoms with Gasteiger partial charge in [0.15, 0.2) is 0 Å². The van der Waals surface area contributed by atoms with Gasteiger partial charge in [-0.3, -0.25) is 0 Å². The van der Waals surface area contributed by atoms with Crippen molar-refractivity contribution < 1.29 is 0 Å². The van der Waals surface area contributed by atoms with Crippen molar-refractivity contribution >= 4 is 22.9 Å². The number of hydrogen-bond acceptors (Lipinski definition) is 3. The maximum absolute atomic E-state index is 5.85. The van der Waals surface area contributed by atoms with Crippen LogP contribution in [0.1, 0.15) is 24.3 Å². The lowest BCUT2D eigenvalue weighted by molar-refractivity contribution is 0.354. The normalized spacial score (nSPS) is 24.0. The van der Waals surface area contributed by atoms with Gasteiger partial charge in [0, 0.05) is 12.5 Å². The summed E-state index contributed by atoms with van der Waals surface area (Å²) in [5.74, 6) is 0.623. The van der Waals surface area contributed by atoms with Gasteiger partial charge in [-0.25, -0.2) is 4.98 Å². The highest BCUT2D eigenvalue weighted by atomic mass is 35.5. The van der Waals surface area contributed by atoms with E-state index in [4.69, 9.17) is 11.6 Å². The van der Waals surface area contributed by atoms with E-state index in [1.54, 1.807) is 17.5 Å². The van der Waals surface area contributed by atoms with Crippen LogP contribution in [-0.2, 0) is 0 Å². The predicted octanol–water partition coefficient (Wildman–Crippen LogP) is 2.61. The molecule has 1 aromatic heterocycles. The molecule has 2 heterocycles. The van der Waals surface area contributed by atoms with Gasteiger partial charge in [0.1, 0.15) is 4.34 Å². The fourth-order valence-electron chi connectivity index (χ4n) is 1.78. The summed E-state index contributed by atoms with van der Waals surface area (Å²) in [4.78, 5) is 6.78. The number of likely N-dealkylation sites (N-methyl/N-ethyl adjacent to an activating group) is 1. The van der Waals surface area contributed by atoms with E-state index in [1.807, 2.05) is 0 Å². The lowest BCUT2D eigenvalue weighted by atomic mass is 10.1. The Hall–Kier alpha value is -0.120. The van der Waals surface area contributed by atoms with E-state index >= 15 is 0 Å². The summed E-state index contributed by atoms with van der Waals surface area (Å²) in [6.45, 7) is 5.71. The summed E-state index contributed by atoms with van der Waals surface area (Å²) < 4.78 is 0.810. The Morgan fingerprint density at radius 1 is 1.77 bits per heavy atom. The molecule has 4 heteroatoms. The second kappa shape index (κ2) is 3.95. The summed E-state index contributed by atoms with van der Waals surface area (Å²) in [7, 11) is 0. The maximum Gasteiger partial charge on any atom is 0.113 e. The maximum atomic E-state index is 5.85.